The second-order valence-corrected chi connectivity index (χ2v) is 3.12. The second-order valence-electron chi connectivity index (χ2n) is 3.12. The molecule has 0 bridgehead atoms. The molecule has 0 fully saturated rings. The minimum Gasteiger partial charge on any atom is -0.478 e. The van der Waals surface area contributed by atoms with Gasteiger partial charge in [0.15, 0.2) is 0 Å². The third-order valence-corrected chi connectivity index (χ3v) is 1.74. The van der Waals surface area contributed by atoms with Crippen LogP contribution in [0.15, 0.2) is 61.2 Å². The van der Waals surface area contributed by atoms with Crippen molar-refractivity contribution in [1.29, 1.82) is 0 Å². The van der Waals surface area contributed by atoms with Crippen LogP contribution in [0.25, 0.3) is 6.08 Å². The molecule has 0 aliphatic rings. The molecule has 0 saturated heterocycles. The van der Waals surface area contributed by atoms with Crippen molar-refractivity contribution in [1.82, 2.24) is 0 Å². The van der Waals surface area contributed by atoms with Crippen LogP contribution < -0.4 is 0 Å². The molecule has 0 saturated carbocycles. The molecular formula is C14H14O4. The van der Waals surface area contributed by atoms with Crippen LogP contribution in [-0.2, 0) is 9.59 Å². The first kappa shape index (κ1) is 15.4. The Balaban J connectivity index is 0.000000327. The van der Waals surface area contributed by atoms with Crippen LogP contribution in [0, 0.1) is 0 Å². The van der Waals surface area contributed by atoms with Crippen molar-refractivity contribution < 1.29 is 19.8 Å². The number of hydrogen-bond donors (Lipinski definition) is 2. The molecule has 2 N–H and O–H groups in total. The monoisotopic (exact) mass is 246 g/mol. The van der Waals surface area contributed by atoms with E-state index in [9.17, 15) is 9.59 Å². The molecule has 0 radical (unpaired) electrons. The fraction of sp³-hybridized carbons (Fsp3) is 0. The normalized spacial score (nSPS) is 9.11. The van der Waals surface area contributed by atoms with E-state index in [0.29, 0.717) is 0 Å². The molecule has 0 unspecified atom stereocenters. The van der Waals surface area contributed by atoms with Crippen molar-refractivity contribution in [2.75, 3.05) is 0 Å². The zero-order valence-corrected chi connectivity index (χ0v) is 9.74. The van der Waals surface area contributed by atoms with Crippen LogP contribution in [0.1, 0.15) is 5.56 Å². The Kier molecular flexibility index (Phi) is 7.28. The lowest BCUT2D eigenvalue weighted by Crippen LogP contribution is -1.96. The molecular weight excluding hydrogens is 232 g/mol. The minimum atomic E-state index is -1.22. The minimum absolute atomic E-state index is 0.248. The van der Waals surface area contributed by atoms with Crippen molar-refractivity contribution in [3.05, 3.63) is 66.8 Å². The molecule has 4 nitrogen and oxygen atoms in total. The van der Waals surface area contributed by atoms with Crippen molar-refractivity contribution in [3.63, 3.8) is 0 Å². The van der Waals surface area contributed by atoms with Crippen molar-refractivity contribution in [3.8, 4) is 0 Å². The summed E-state index contributed by atoms with van der Waals surface area (Å²) >= 11 is 0. The summed E-state index contributed by atoms with van der Waals surface area (Å²) in [6, 6.07) is 10.0. The molecule has 0 heterocycles. The highest BCUT2D eigenvalue weighted by Gasteiger charge is 1.97. The molecule has 1 aromatic carbocycles. The summed E-state index contributed by atoms with van der Waals surface area (Å²) in [7, 11) is 0. The van der Waals surface area contributed by atoms with Crippen molar-refractivity contribution in [2.24, 2.45) is 0 Å². The Morgan fingerprint density at radius 2 is 1.61 bits per heavy atom. The highest BCUT2D eigenvalue weighted by molar-refractivity contribution is 5.91. The molecule has 0 aliphatic heterocycles. The van der Waals surface area contributed by atoms with Crippen LogP contribution >= 0.6 is 0 Å². The quantitative estimate of drug-likeness (QED) is 0.632. The predicted octanol–water partition coefficient (Wildman–Crippen LogP) is 2.60. The first-order chi connectivity index (χ1) is 8.47. The summed E-state index contributed by atoms with van der Waals surface area (Å²) in [6.45, 7) is 6.71. The number of benzene rings is 1. The summed E-state index contributed by atoms with van der Waals surface area (Å²) in [5.74, 6) is -2.42. The predicted molar refractivity (Wildman–Crippen MR) is 70.1 cm³/mol. The zero-order chi connectivity index (χ0) is 14.0. The van der Waals surface area contributed by atoms with Gasteiger partial charge in [0.1, 0.15) is 0 Å². The van der Waals surface area contributed by atoms with E-state index in [1.54, 1.807) is 0 Å². The molecule has 1 rings (SSSR count). The van der Waals surface area contributed by atoms with E-state index in [0.717, 1.165) is 12.2 Å². The lowest BCUT2D eigenvalue weighted by Gasteiger charge is -1.85. The van der Waals surface area contributed by atoms with Gasteiger partial charge in [-0.15, -0.1) is 0 Å². The summed E-state index contributed by atoms with van der Waals surface area (Å²) in [6.07, 6.45) is 3.47. The fourth-order valence-corrected chi connectivity index (χ4v) is 0.832. The Bertz CT molecular complexity index is 458. The zero-order valence-electron chi connectivity index (χ0n) is 9.74. The van der Waals surface area contributed by atoms with Gasteiger partial charge < -0.3 is 10.2 Å². The largest absolute Gasteiger partial charge is 0.478 e. The highest BCUT2D eigenvalue weighted by atomic mass is 16.4. The Morgan fingerprint density at radius 1 is 1.06 bits per heavy atom. The first-order valence-corrected chi connectivity index (χ1v) is 4.98. The Labute approximate surface area is 105 Å². The van der Waals surface area contributed by atoms with Gasteiger partial charge in [0.25, 0.3) is 0 Å². The summed E-state index contributed by atoms with van der Waals surface area (Å²) in [5.41, 5.74) is 0.926. The van der Waals surface area contributed by atoms with Crippen LogP contribution in [-0.4, -0.2) is 22.2 Å². The maximum Gasteiger partial charge on any atom is 0.335 e. The van der Waals surface area contributed by atoms with Gasteiger partial charge in [-0.2, -0.15) is 0 Å². The van der Waals surface area contributed by atoms with Gasteiger partial charge in [-0.3, -0.25) is 0 Å². The van der Waals surface area contributed by atoms with E-state index in [1.807, 2.05) is 36.4 Å². The smallest absolute Gasteiger partial charge is 0.335 e. The van der Waals surface area contributed by atoms with E-state index in [1.165, 1.54) is 5.56 Å². The van der Waals surface area contributed by atoms with E-state index < -0.39 is 11.9 Å². The lowest BCUT2D eigenvalue weighted by atomic mass is 10.2. The molecule has 0 atom stereocenters. The van der Waals surface area contributed by atoms with Gasteiger partial charge in [0, 0.05) is 6.08 Å². The van der Waals surface area contributed by atoms with Gasteiger partial charge in [-0.05, 0) is 11.6 Å². The molecule has 0 spiro atoms. The number of aliphatic carboxylic acids is 2. The van der Waals surface area contributed by atoms with Crippen molar-refractivity contribution >= 4 is 18.0 Å². The number of hydrogen-bond acceptors (Lipinski definition) is 2. The maximum absolute atomic E-state index is 9.97. The summed E-state index contributed by atoms with van der Waals surface area (Å²) < 4.78 is 0. The number of carboxylic acid groups (broad SMARTS) is 2. The maximum atomic E-state index is 9.97. The van der Waals surface area contributed by atoms with Crippen LogP contribution in [0.2, 0.25) is 0 Å². The third kappa shape index (κ3) is 7.64. The van der Waals surface area contributed by atoms with Gasteiger partial charge in [-0.1, -0.05) is 49.6 Å². The van der Waals surface area contributed by atoms with E-state index in [2.05, 4.69) is 13.2 Å². The standard InChI is InChI=1S/C8H8.C6H6O4/c1-2-8-6-4-3-5-7-8;1-4(6(9)10)2-3-5(7)8/h2-7H,1H2;2-3H,1H2,(H,7,8)(H,9,10). The molecule has 0 aromatic heterocycles. The number of carbonyl (C=O) groups is 2. The van der Waals surface area contributed by atoms with Gasteiger partial charge in [0.05, 0.1) is 5.57 Å². The topological polar surface area (TPSA) is 74.6 Å². The second kappa shape index (κ2) is 8.52. The van der Waals surface area contributed by atoms with Crippen LogP contribution in [0.5, 0.6) is 0 Å². The number of carboxylic acids is 2. The molecule has 94 valence electrons. The van der Waals surface area contributed by atoms with Crippen LogP contribution in [0.4, 0.5) is 0 Å². The van der Waals surface area contributed by atoms with E-state index in [4.69, 9.17) is 10.2 Å². The Hall–Kier alpha value is -2.62. The van der Waals surface area contributed by atoms with E-state index in [-0.39, 0.29) is 5.57 Å². The molecule has 0 amide bonds. The average Bonchev–Trinajstić information content (AvgIpc) is 2.37. The van der Waals surface area contributed by atoms with Gasteiger partial charge in [-0.25, -0.2) is 9.59 Å². The highest BCUT2D eigenvalue weighted by Crippen LogP contribution is 1.97. The number of rotatable bonds is 4. The third-order valence-electron chi connectivity index (χ3n) is 1.74. The SMILES string of the molecule is C=C(C=CC(=O)O)C(=O)O.C=Cc1ccccc1. The molecule has 1 aromatic rings. The van der Waals surface area contributed by atoms with E-state index >= 15 is 0 Å². The molecule has 0 aliphatic carbocycles. The van der Waals surface area contributed by atoms with Gasteiger partial charge in [0.2, 0.25) is 0 Å². The summed E-state index contributed by atoms with van der Waals surface area (Å²) in [5, 5.41) is 16.2. The summed E-state index contributed by atoms with van der Waals surface area (Å²) in [4.78, 5) is 19.8. The molecule has 4 heteroatoms. The van der Waals surface area contributed by atoms with Crippen molar-refractivity contribution in [2.45, 2.75) is 0 Å². The van der Waals surface area contributed by atoms with Gasteiger partial charge >= 0.3 is 11.9 Å². The first-order valence-electron chi connectivity index (χ1n) is 4.98. The Morgan fingerprint density at radius 3 is 1.94 bits per heavy atom. The molecule has 18 heavy (non-hydrogen) atoms. The average molecular weight is 246 g/mol. The van der Waals surface area contributed by atoms with Crippen LogP contribution in [0.3, 0.4) is 0 Å². The fourth-order valence-electron chi connectivity index (χ4n) is 0.832. The lowest BCUT2D eigenvalue weighted by molar-refractivity contribution is -0.132.